The van der Waals surface area contributed by atoms with E-state index in [1.54, 1.807) is 11.8 Å². The molecule has 0 saturated carbocycles. The highest BCUT2D eigenvalue weighted by molar-refractivity contribution is 7.98. The Kier molecular flexibility index (Phi) is 3.55. The number of benzene rings is 1. The van der Waals surface area contributed by atoms with Crippen molar-refractivity contribution >= 4 is 11.8 Å². The number of aromatic nitrogens is 3. The molecule has 18 heavy (non-hydrogen) atoms. The normalized spacial score (nSPS) is 14.2. The van der Waals surface area contributed by atoms with Crippen molar-refractivity contribution in [3.05, 3.63) is 47.3 Å². The highest BCUT2D eigenvalue weighted by Crippen LogP contribution is 2.22. The maximum atomic E-state index is 4.62. The lowest BCUT2D eigenvalue weighted by molar-refractivity contribution is 0.610. The molecule has 2 aromatic rings. The van der Waals surface area contributed by atoms with Crippen molar-refractivity contribution in [2.75, 3.05) is 0 Å². The molecule has 3 nitrogen and oxygen atoms in total. The number of aryl methyl sites for hydroxylation is 2. The molecule has 0 spiro atoms. The highest BCUT2D eigenvalue weighted by atomic mass is 32.2. The van der Waals surface area contributed by atoms with Crippen LogP contribution >= 0.6 is 11.8 Å². The second-order valence-corrected chi connectivity index (χ2v) is 5.41. The third kappa shape index (κ3) is 2.70. The molecular formula is C14H15N3S. The van der Waals surface area contributed by atoms with Gasteiger partial charge in [-0.05, 0) is 31.2 Å². The predicted octanol–water partition coefficient (Wildman–Crippen LogP) is 3.04. The summed E-state index contributed by atoms with van der Waals surface area (Å²) in [5, 5.41) is 9.31. The van der Waals surface area contributed by atoms with Crippen molar-refractivity contribution in [3.63, 3.8) is 0 Å². The van der Waals surface area contributed by atoms with Crippen LogP contribution in [0.25, 0.3) is 0 Å². The molecule has 0 atom stereocenters. The number of hydrogen-bond donors (Lipinski definition) is 0. The van der Waals surface area contributed by atoms with E-state index < -0.39 is 0 Å². The molecule has 1 aromatic heterocycles. The fourth-order valence-electron chi connectivity index (χ4n) is 2.13. The summed E-state index contributed by atoms with van der Waals surface area (Å²) in [6.07, 6.45) is 4.55. The third-order valence-electron chi connectivity index (χ3n) is 3.11. The molecule has 0 radical (unpaired) electrons. The minimum absolute atomic E-state index is 0.805. The van der Waals surface area contributed by atoms with E-state index in [-0.39, 0.29) is 0 Å². The molecule has 92 valence electrons. The Morgan fingerprint density at radius 2 is 1.72 bits per heavy atom. The monoisotopic (exact) mass is 257 g/mol. The lowest BCUT2D eigenvalue weighted by atomic mass is 10.0. The third-order valence-corrected chi connectivity index (χ3v) is 4.02. The van der Waals surface area contributed by atoms with Gasteiger partial charge < -0.3 is 0 Å². The molecule has 0 N–H and O–H groups in total. The van der Waals surface area contributed by atoms with Crippen molar-refractivity contribution < 1.29 is 0 Å². The summed E-state index contributed by atoms with van der Waals surface area (Å²) in [7, 11) is 0. The molecule has 0 unspecified atom stereocenters. The van der Waals surface area contributed by atoms with E-state index in [1.165, 1.54) is 18.4 Å². The lowest BCUT2D eigenvalue weighted by Crippen LogP contribution is -2.10. The maximum Gasteiger partial charge on any atom is 0.209 e. The van der Waals surface area contributed by atoms with E-state index >= 15 is 0 Å². The van der Waals surface area contributed by atoms with Crippen LogP contribution in [0.4, 0.5) is 0 Å². The summed E-state index contributed by atoms with van der Waals surface area (Å²) < 4.78 is 0. The number of hydrogen-bond acceptors (Lipinski definition) is 4. The zero-order valence-corrected chi connectivity index (χ0v) is 11.0. The first-order valence-corrected chi connectivity index (χ1v) is 7.29. The predicted molar refractivity (Wildman–Crippen MR) is 72.5 cm³/mol. The Labute approximate surface area is 111 Å². The van der Waals surface area contributed by atoms with Crippen molar-refractivity contribution in [2.45, 2.75) is 36.6 Å². The van der Waals surface area contributed by atoms with Gasteiger partial charge >= 0.3 is 0 Å². The highest BCUT2D eigenvalue weighted by Gasteiger charge is 2.13. The maximum absolute atomic E-state index is 4.62. The minimum atomic E-state index is 0.805. The van der Waals surface area contributed by atoms with Gasteiger partial charge in [-0.1, -0.05) is 42.1 Å². The van der Waals surface area contributed by atoms with Crippen LogP contribution in [0.1, 0.15) is 29.8 Å². The molecular weight excluding hydrogens is 242 g/mol. The molecule has 4 heteroatoms. The van der Waals surface area contributed by atoms with E-state index in [0.29, 0.717) is 0 Å². The van der Waals surface area contributed by atoms with E-state index in [0.717, 1.165) is 35.1 Å². The van der Waals surface area contributed by atoms with Gasteiger partial charge in [-0.3, -0.25) is 0 Å². The first-order valence-electron chi connectivity index (χ1n) is 6.31. The van der Waals surface area contributed by atoms with Gasteiger partial charge in [-0.25, -0.2) is 4.98 Å². The standard InChI is InChI=1S/C14H15N3S/c1-2-6-11(7-3-1)10-18-14-15-12-8-4-5-9-13(12)16-17-14/h1-3,6-7H,4-5,8-10H2. The number of nitrogens with zero attached hydrogens (tertiary/aromatic N) is 3. The first kappa shape index (κ1) is 11.7. The molecule has 0 amide bonds. The van der Waals surface area contributed by atoms with E-state index in [1.807, 2.05) is 6.07 Å². The number of rotatable bonds is 3. The van der Waals surface area contributed by atoms with Crippen LogP contribution in [-0.2, 0) is 18.6 Å². The SMILES string of the molecule is c1ccc(CSc2nnc3c(n2)CCCC3)cc1. The van der Waals surface area contributed by atoms with Gasteiger partial charge in [0.25, 0.3) is 0 Å². The van der Waals surface area contributed by atoms with E-state index in [4.69, 9.17) is 0 Å². The minimum Gasteiger partial charge on any atom is -0.224 e. The summed E-state index contributed by atoms with van der Waals surface area (Å²) in [6, 6.07) is 10.4. The molecule has 0 aliphatic heterocycles. The molecule has 1 aliphatic rings. The Hall–Kier alpha value is -1.42. The summed E-state index contributed by atoms with van der Waals surface area (Å²) in [4.78, 5) is 4.62. The fourth-order valence-corrected chi connectivity index (χ4v) is 2.89. The van der Waals surface area contributed by atoms with E-state index in [2.05, 4.69) is 39.4 Å². The molecule has 0 fully saturated rings. The van der Waals surface area contributed by atoms with Gasteiger partial charge in [0.05, 0.1) is 11.4 Å². The van der Waals surface area contributed by atoms with Gasteiger partial charge in [-0.2, -0.15) is 5.10 Å². The zero-order valence-electron chi connectivity index (χ0n) is 10.2. The molecule has 0 saturated heterocycles. The van der Waals surface area contributed by atoms with Crippen molar-refractivity contribution in [3.8, 4) is 0 Å². The molecule has 0 bridgehead atoms. The first-order chi connectivity index (χ1) is 8.92. The van der Waals surface area contributed by atoms with Crippen LogP contribution in [0.15, 0.2) is 35.5 Å². The fraction of sp³-hybridized carbons (Fsp3) is 0.357. The number of fused-ring (bicyclic) bond motifs is 1. The Balaban J connectivity index is 1.70. The lowest BCUT2D eigenvalue weighted by Gasteiger charge is -2.12. The van der Waals surface area contributed by atoms with Gasteiger partial charge in [0.2, 0.25) is 5.16 Å². The molecule has 3 rings (SSSR count). The van der Waals surface area contributed by atoms with Gasteiger partial charge in [0.15, 0.2) is 0 Å². The summed E-state index contributed by atoms with van der Waals surface area (Å²) in [5.74, 6) is 0.904. The smallest absolute Gasteiger partial charge is 0.209 e. The average Bonchev–Trinajstić information content (AvgIpc) is 2.46. The molecule has 1 aromatic carbocycles. The quantitative estimate of drug-likeness (QED) is 0.792. The Morgan fingerprint density at radius 1 is 0.944 bits per heavy atom. The molecule has 1 aliphatic carbocycles. The summed E-state index contributed by atoms with van der Waals surface area (Å²) in [6.45, 7) is 0. The van der Waals surface area contributed by atoms with Crippen LogP contribution in [0.2, 0.25) is 0 Å². The van der Waals surface area contributed by atoms with Crippen molar-refractivity contribution in [1.82, 2.24) is 15.2 Å². The van der Waals surface area contributed by atoms with E-state index in [9.17, 15) is 0 Å². The van der Waals surface area contributed by atoms with Gasteiger partial charge in [-0.15, -0.1) is 5.10 Å². The van der Waals surface area contributed by atoms with Crippen LogP contribution in [0.5, 0.6) is 0 Å². The van der Waals surface area contributed by atoms with Gasteiger partial charge in [0.1, 0.15) is 0 Å². The molecule has 1 heterocycles. The van der Waals surface area contributed by atoms with Crippen molar-refractivity contribution in [2.24, 2.45) is 0 Å². The largest absolute Gasteiger partial charge is 0.224 e. The van der Waals surface area contributed by atoms with Crippen LogP contribution in [-0.4, -0.2) is 15.2 Å². The second-order valence-electron chi connectivity index (χ2n) is 4.47. The Morgan fingerprint density at radius 3 is 2.56 bits per heavy atom. The topological polar surface area (TPSA) is 38.7 Å². The van der Waals surface area contributed by atoms with Gasteiger partial charge in [0, 0.05) is 5.75 Å². The van der Waals surface area contributed by atoms with Crippen LogP contribution < -0.4 is 0 Å². The summed E-state index contributed by atoms with van der Waals surface area (Å²) >= 11 is 1.66. The second kappa shape index (κ2) is 5.48. The number of thioether (sulfide) groups is 1. The Bertz CT molecular complexity index is 528. The average molecular weight is 257 g/mol. The van der Waals surface area contributed by atoms with Crippen LogP contribution in [0.3, 0.4) is 0 Å². The van der Waals surface area contributed by atoms with Crippen molar-refractivity contribution in [1.29, 1.82) is 0 Å². The van der Waals surface area contributed by atoms with Crippen LogP contribution in [0, 0.1) is 0 Å². The summed E-state index contributed by atoms with van der Waals surface area (Å²) in [5.41, 5.74) is 3.56. The zero-order chi connectivity index (χ0) is 12.2.